The summed E-state index contributed by atoms with van der Waals surface area (Å²) in [5.41, 5.74) is 2.93. The third kappa shape index (κ3) is 12.3. The fraction of sp³-hybridized carbons (Fsp3) is 0.391. The molecule has 0 spiro atoms. The monoisotopic (exact) mass is 515 g/mol. The summed E-state index contributed by atoms with van der Waals surface area (Å²) in [6.07, 6.45) is -8.58. The number of carbonyl (C=O) groups excluding carboxylic acids is 1. The van der Waals surface area contributed by atoms with Crippen molar-refractivity contribution in [2.45, 2.75) is 58.4 Å². The van der Waals surface area contributed by atoms with Crippen LogP contribution in [0.1, 0.15) is 55.4 Å². The highest BCUT2D eigenvalue weighted by Gasteiger charge is 2.34. The van der Waals surface area contributed by atoms with Gasteiger partial charge in [0.15, 0.2) is 0 Å². The van der Waals surface area contributed by atoms with Crippen molar-refractivity contribution in [1.82, 2.24) is 0 Å². The summed E-state index contributed by atoms with van der Waals surface area (Å²) in [6, 6.07) is 4.96. The minimum atomic E-state index is -4.59. The number of halogens is 8. The number of nitrogens with two attached hydrogens (primary N) is 1. The molecule has 0 fully saturated rings. The number of benzene rings is 2. The molecule has 0 heterocycles. The van der Waals surface area contributed by atoms with E-state index >= 15 is 0 Å². The molecule has 2 rings (SSSR count). The first-order chi connectivity index (χ1) is 16.1. The lowest BCUT2D eigenvalue weighted by Gasteiger charge is -2.12. The zero-order valence-corrected chi connectivity index (χ0v) is 18.9. The van der Waals surface area contributed by atoms with E-state index in [1.807, 2.05) is 0 Å². The van der Waals surface area contributed by atoms with Crippen molar-refractivity contribution >= 4 is 11.8 Å². The number of carboxylic acid groups (broad SMARTS) is 1. The molecular formula is C23H25F8NO3. The van der Waals surface area contributed by atoms with Gasteiger partial charge in [0.25, 0.3) is 0 Å². The second kappa shape index (κ2) is 14.4. The molecule has 0 saturated heterocycles. The van der Waals surface area contributed by atoms with Crippen LogP contribution in [0.5, 0.6) is 0 Å². The molecule has 0 radical (unpaired) electrons. The lowest BCUT2D eigenvalue weighted by molar-refractivity contribution is -0.139. The first kappa shape index (κ1) is 32.0. The summed E-state index contributed by atoms with van der Waals surface area (Å²) >= 11 is 0. The van der Waals surface area contributed by atoms with E-state index in [4.69, 9.17) is 10.8 Å². The fourth-order valence-corrected chi connectivity index (χ4v) is 2.47. The van der Waals surface area contributed by atoms with Gasteiger partial charge >= 0.3 is 18.3 Å². The van der Waals surface area contributed by atoms with Crippen molar-refractivity contribution < 1.29 is 49.8 Å². The molecule has 0 unspecified atom stereocenters. The van der Waals surface area contributed by atoms with Crippen LogP contribution in [0.25, 0.3) is 0 Å². The van der Waals surface area contributed by atoms with Crippen molar-refractivity contribution in [2.24, 2.45) is 5.73 Å². The van der Waals surface area contributed by atoms with Crippen LogP contribution in [-0.2, 0) is 34.9 Å². The number of rotatable bonds is 6. The molecule has 4 nitrogen and oxygen atoms in total. The maximum Gasteiger partial charge on any atom is 0.416 e. The van der Waals surface area contributed by atoms with Crippen LogP contribution in [0.4, 0.5) is 35.1 Å². The Morgan fingerprint density at radius 2 is 1.20 bits per heavy atom. The number of alkyl halides is 6. The first-order valence-corrected chi connectivity index (χ1v) is 10.2. The number of aryl methyl sites for hydroxylation is 1. The van der Waals surface area contributed by atoms with E-state index < -0.39 is 41.1 Å². The number of aliphatic carboxylic acids is 1. The zero-order chi connectivity index (χ0) is 27.4. The van der Waals surface area contributed by atoms with Crippen LogP contribution < -0.4 is 5.73 Å². The Kier molecular flexibility index (Phi) is 13.2. The topological polar surface area (TPSA) is 80.4 Å². The largest absolute Gasteiger partial charge is 0.481 e. The van der Waals surface area contributed by atoms with E-state index in [1.165, 1.54) is 0 Å². The van der Waals surface area contributed by atoms with Crippen molar-refractivity contribution in [2.75, 3.05) is 0 Å². The van der Waals surface area contributed by atoms with Gasteiger partial charge in [0, 0.05) is 25.8 Å². The second-order valence-electron chi connectivity index (χ2n) is 6.94. The quantitative estimate of drug-likeness (QED) is 0.428. The Morgan fingerprint density at radius 3 is 1.54 bits per heavy atom. The van der Waals surface area contributed by atoms with Gasteiger partial charge in [-0.2, -0.15) is 26.3 Å². The number of hydrogen-bond acceptors (Lipinski definition) is 3. The fourth-order valence-electron chi connectivity index (χ4n) is 2.47. The van der Waals surface area contributed by atoms with Crippen LogP contribution >= 0.6 is 0 Å². The minimum absolute atomic E-state index is 0.0121. The highest BCUT2D eigenvalue weighted by atomic mass is 19.4. The van der Waals surface area contributed by atoms with Gasteiger partial charge in [0.05, 0.1) is 11.1 Å². The summed E-state index contributed by atoms with van der Waals surface area (Å²) in [4.78, 5) is 20.4. The normalized spacial score (nSPS) is 11.1. The van der Waals surface area contributed by atoms with Gasteiger partial charge in [-0.1, -0.05) is 26.0 Å². The van der Waals surface area contributed by atoms with Crippen molar-refractivity contribution in [3.63, 3.8) is 0 Å². The molecule has 0 aliphatic carbocycles. The van der Waals surface area contributed by atoms with Crippen LogP contribution in [-0.4, -0.2) is 16.9 Å². The van der Waals surface area contributed by atoms with Gasteiger partial charge in [-0.05, 0) is 41.8 Å². The van der Waals surface area contributed by atoms with E-state index in [2.05, 4.69) is 0 Å². The van der Waals surface area contributed by atoms with Crippen molar-refractivity contribution in [3.8, 4) is 0 Å². The van der Waals surface area contributed by atoms with E-state index in [0.29, 0.717) is 18.6 Å². The van der Waals surface area contributed by atoms with Gasteiger partial charge in [-0.25, -0.2) is 8.78 Å². The predicted molar refractivity (Wildman–Crippen MR) is 112 cm³/mol. The maximum atomic E-state index is 12.8. The molecule has 0 bridgehead atoms. The van der Waals surface area contributed by atoms with E-state index in [1.54, 1.807) is 13.8 Å². The average Bonchev–Trinajstić information content (AvgIpc) is 2.77. The average molecular weight is 515 g/mol. The van der Waals surface area contributed by atoms with Crippen LogP contribution in [0.3, 0.4) is 0 Å². The number of carboxylic acids is 1. The molecule has 0 aliphatic heterocycles. The number of Topliss-reactive ketones (excluding diaryl/α,β-unsaturated/α-hetero) is 1. The molecule has 2 aromatic carbocycles. The lowest BCUT2D eigenvalue weighted by Crippen LogP contribution is -2.12. The number of carbonyl (C=O) groups is 2. The summed E-state index contributed by atoms with van der Waals surface area (Å²) in [6.45, 7) is 3.00. The van der Waals surface area contributed by atoms with Crippen LogP contribution in [0.2, 0.25) is 0 Å². The van der Waals surface area contributed by atoms with Gasteiger partial charge in [-0.15, -0.1) is 0 Å². The standard InChI is InChI=1S/C12H12F4O.C8H7F4N.C3H6O2/c1-2-10(17)6-4-8-3-5-9(13)7-11(8)12(14,15)16;9-6-2-1-5(4-13)7(3-6)8(10,11)12;1-2-3(4)5/h3,5,7H,2,4,6H2,1H3;1-3H,4,13H2;2H2,1H3,(H,4,5). The summed E-state index contributed by atoms with van der Waals surface area (Å²) in [5.74, 6) is -2.69. The Morgan fingerprint density at radius 1 is 0.800 bits per heavy atom. The molecule has 0 atom stereocenters. The summed E-state index contributed by atoms with van der Waals surface area (Å²) < 4.78 is 99.6. The molecule has 0 aromatic heterocycles. The van der Waals surface area contributed by atoms with Gasteiger partial charge in [0.2, 0.25) is 0 Å². The zero-order valence-electron chi connectivity index (χ0n) is 18.9. The Balaban J connectivity index is 0.000000567. The molecule has 0 saturated carbocycles. The summed E-state index contributed by atoms with van der Waals surface area (Å²) in [7, 11) is 0. The van der Waals surface area contributed by atoms with Crippen molar-refractivity contribution in [1.29, 1.82) is 0 Å². The van der Waals surface area contributed by atoms with Crippen LogP contribution in [0, 0.1) is 11.6 Å². The molecule has 35 heavy (non-hydrogen) atoms. The minimum Gasteiger partial charge on any atom is -0.481 e. The number of hydrogen-bond donors (Lipinski definition) is 2. The smallest absolute Gasteiger partial charge is 0.416 e. The Hall–Kier alpha value is -3.02. The maximum absolute atomic E-state index is 12.8. The molecule has 0 amide bonds. The molecule has 12 heteroatoms. The third-order valence-corrected chi connectivity index (χ3v) is 4.34. The Labute approximate surface area is 196 Å². The van der Waals surface area contributed by atoms with Crippen LogP contribution in [0.15, 0.2) is 36.4 Å². The molecule has 0 aliphatic rings. The highest BCUT2D eigenvalue weighted by molar-refractivity contribution is 5.78. The molecule has 196 valence electrons. The van der Waals surface area contributed by atoms with Gasteiger partial charge in [0.1, 0.15) is 17.4 Å². The Bertz CT molecular complexity index is 972. The third-order valence-electron chi connectivity index (χ3n) is 4.34. The first-order valence-electron chi connectivity index (χ1n) is 10.2. The summed E-state index contributed by atoms with van der Waals surface area (Å²) in [5, 5.41) is 7.72. The van der Waals surface area contributed by atoms with Gasteiger partial charge in [-0.3, -0.25) is 9.59 Å². The lowest BCUT2D eigenvalue weighted by atomic mass is 10.0. The number of ketones is 1. The second-order valence-corrected chi connectivity index (χ2v) is 6.94. The SMILES string of the molecule is CCC(=O)CCc1ccc(F)cc1C(F)(F)F.CCC(=O)O.NCc1ccc(F)cc1C(F)(F)F. The molecule has 3 N–H and O–H groups in total. The van der Waals surface area contributed by atoms with E-state index in [0.717, 1.165) is 24.3 Å². The van der Waals surface area contributed by atoms with Gasteiger partial charge < -0.3 is 10.8 Å². The molecular weight excluding hydrogens is 490 g/mol. The van der Waals surface area contributed by atoms with E-state index in [-0.39, 0.29) is 42.7 Å². The highest BCUT2D eigenvalue weighted by Crippen LogP contribution is 2.33. The molecule has 2 aromatic rings. The van der Waals surface area contributed by atoms with E-state index in [9.17, 15) is 44.7 Å². The van der Waals surface area contributed by atoms with Crippen molar-refractivity contribution in [3.05, 3.63) is 70.3 Å². The predicted octanol–water partition coefficient (Wildman–Crippen LogP) is 6.54.